The molecule has 0 saturated carbocycles. The topological polar surface area (TPSA) is 151 Å². The first-order valence-corrected chi connectivity index (χ1v) is 10.7. The lowest BCUT2D eigenvalue weighted by atomic mass is 10.00. The smallest absolute Gasteiger partial charge is 0.326 e. The molecule has 0 radical (unpaired) electrons. The van der Waals surface area contributed by atoms with Crippen LogP contribution in [0.25, 0.3) is 0 Å². The molecule has 162 valence electrons. The van der Waals surface area contributed by atoms with E-state index in [9.17, 15) is 24.3 Å². The monoisotopic (exact) mass is 418 g/mol. The minimum Gasteiger partial charge on any atom is -0.480 e. The van der Waals surface area contributed by atoms with E-state index < -0.39 is 47.9 Å². The van der Waals surface area contributed by atoms with Crippen molar-refractivity contribution >= 4 is 35.5 Å². The lowest BCUT2D eigenvalue weighted by Crippen LogP contribution is -2.58. The predicted octanol–water partition coefficient (Wildman–Crippen LogP) is -0.0623. The Kier molecular flexibility index (Phi) is 11.8. The summed E-state index contributed by atoms with van der Waals surface area (Å²) in [5, 5.41) is 16.8. The molecule has 28 heavy (non-hydrogen) atoms. The van der Waals surface area contributed by atoms with E-state index in [1.54, 1.807) is 39.5 Å². The van der Waals surface area contributed by atoms with Crippen molar-refractivity contribution in [2.24, 2.45) is 17.6 Å². The number of rotatable bonds is 12. The first kappa shape index (κ1) is 26.2. The molecule has 4 unspecified atom stereocenters. The lowest BCUT2D eigenvalue weighted by Gasteiger charge is -2.27. The maximum atomic E-state index is 12.5. The van der Waals surface area contributed by atoms with Crippen LogP contribution in [0.4, 0.5) is 0 Å². The van der Waals surface area contributed by atoms with E-state index in [0.29, 0.717) is 6.42 Å². The number of hydrogen-bond acceptors (Lipinski definition) is 6. The molecule has 0 saturated heterocycles. The molecule has 0 spiro atoms. The molecular weight excluding hydrogens is 384 g/mol. The number of aliphatic carboxylic acids is 1. The maximum Gasteiger partial charge on any atom is 0.326 e. The summed E-state index contributed by atoms with van der Waals surface area (Å²) in [6, 6.07) is -3.59. The summed E-state index contributed by atoms with van der Waals surface area (Å²) in [7, 11) is 0. The number of hydrogen-bond donors (Lipinski definition) is 5. The molecule has 0 aromatic rings. The summed E-state index contributed by atoms with van der Waals surface area (Å²) in [4.78, 5) is 48.3. The Morgan fingerprint density at radius 3 is 1.79 bits per heavy atom. The molecule has 9 nitrogen and oxygen atoms in total. The molecule has 0 aromatic carbocycles. The summed E-state index contributed by atoms with van der Waals surface area (Å²) in [5.41, 5.74) is 5.78. The van der Waals surface area contributed by atoms with Crippen molar-refractivity contribution in [3.63, 3.8) is 0 Å². The zero-order valence-corrected chi connectivity index (χ0v) is 18.3. The van der Waals surface area contributed by atoms with E-state index in [2.05, 4.69) is 16.0 Å². The molecule has 0 heterocycles. The molecule has 0 fully saturated rings. The molecule has 6 N–H and O–H groups in total. The summed E-state index contributed by atoms with van der Waals surface area (Å²) < 4.78 is 0. The van der Waals surface area contributed by atoms with Crippen LogP contribution in [-0.2, 0) is 19.2 Å². The molecule has 0 aliphatic rings. The third-order valence-electron chi connectivity index (χ3n) is 4.20. The van der Waals surface area contributed by atoms with Crippen molar-refractivity contribution in [1.82, 2.24) is 16.0 Å². The van der Waals surface area contributed by atoms with Crippen LogP contribution < -0.4 is 21.7 Å². The van der Waals surface area contributed by atoms with Crippen LogP contribution in [0.2, 0.25) is 0 Å². The first-order chi connectivity index (χ1) is 12.9. The Morgan fingerprint density at radius 2 is 1.36 bits per heavy atom. The zero-order valence-electron chi connectivity index (χ0n) is 17.4. The van der Waals surface area contributed by atoms with Crippen molar-refractivity contribution in [1.29, 1.82) is 0 Å². The first-order valence-electron chi connectivity index (χ1n) is 9.30. The summed E-state index contributed by atoms with van der Waals surface area (Å²) in [5.74, 6) is -2.57. The second-order valence-electron chi connectivity index (χ2n) is 7.42. The van der Waals surface area contributed by atoms with Crippen LogP contribution in [0.1, 0.15) is 41.0 Å². The number of carbonyl (C=O) groups is 4. The molecule has 4 atom stereocenters. The minimum atomic E-state index is -1.14. The predicted molar refractivity (Wildman–Crippen MR) is 110 cm³/mol. The van der Waals surface area contributed by atoms with E-state index in [-0.39, 0.29) is 11.8 Å². The molecule has 3 amide bonds. The summed E-state index contributed by atoms with van der Waals surface area (Å²) in [6.45, 7) is 8.33. The van der Waals surface area contributed by atoms with Gasteiger partial charge in [0.05, 0.1) is 6.04 Å². The van der Waals surface area contributed by atoms with Gasteiger partial charge in [0.15, 0.2) is 0 Å². The fourth-order valence-electron chi connectivity index (χ4n) is 2.33. The molecule has 0 aliphatic carbocycles. The number of carbonyl (C=O) groups excluding carboxylic acids is 3. The summed E-state index contributed by atoms with van der Waals surface area (Å²) >= 11 is 1.57. The van der Waals surface area contributed by atoms with E-state index >= 15 is 0 Å². The van der Waals surface area contributed by atoms with E-state index in [1.165, 1.54) is 6.92 Å². The van der Waals surface area contributed by atoms with Crippen molar-refractivity contribution < 1.29 is 24.3 Å². The Morgan fingerprint density at radius 1 is 0.857 bits per heavy atom. The highest BCUT2D eigenvalue weighted by Gasteiger charge is 2.31. The normalized spacial score (nSPS) is 15.5. The lowest BCUT2D eigenvalue weighted by molar-refractivity contribution is -0.143. The number of nitrogens with one attached hydrogen (secondary N) is 3. The molecule has 0 aromatic heterocycles. The Bertz CT molecular complexity index is 556. The quantitative estimate of drug-likeness (QED) is 0.298. The standard InChI is InChI=1S/C18H34N4O5S/c1-9(2)13(17(25)22-14(10(3)4)18(26)27)21-15(23)11(5)20-16(24)12(19)7-8-28-6/h9-14H,7-8,19H2,1-6H3,(H,20,24)(H,21,23)(H,22,25)(H,26,27). The van der Waals surface area contributed by atoms with Gasteiger partial charge in [-0.3, -0.25) is 14.4 Å². The van der Waals surface area contributed by atoms with Crippen molar-refractivity contribution in [2.45, 2.75) is 65.2 Å². The highest BCUT2D eigenvalue weighted by atomic mass is 32.2. The molecule has 10 heteroatoms. The molecule has 0 rings (SSSR count). The van der Waals surface area contributed by atoms with Gasteiger partial charge in [-0.2, -0.15) is 11.8 Å². The van der Waals surface area contributed by atoms with E-state index in [1.807, 2.05) is 6.26 Å². The van der Waals surface area contributed by atoms with Gasteiger partial charge in [0.1, 0.15) is 18.1 Å². The Balaban J connectivity index is 4.94. The zero-order chi connectivity index (χ0) is 22.0. The SMILES string of the molecule is CSCCC(N)C(=O)NC(C)C(=O)NC(C(=O)NC(C(=O)O)C(C)C)C(C)C. The van der Waals surface area contributed by atoms with Gasteiger partial charge in [-0.1, -0.05) is 27.7 Å². The van der Waals surface area contributed by atoms with Gasteiger partial charge in [-0.05, 0) is 37.2 Å². The number of carboxylic acid groups (broad SMARTS) is 1. The van der Waals surface area contributed by atoms with Gasteiger partial charge in [0, 0.05) is 0 Å². The average Bonchev–Trinajstić information content (AvgIpc) is 2.60. The second-order valence-corrected chi connectivity index (χ2v) is 8.40. The highest BCUT2D eigenvalue weighted by Crippen LogP contribution is 2.07. The van der Waals surface area contributed by atoms with Gasteiger partial charge in [-0.15, -0.1) is 0 Å². The van der Waals surface area contributed by atoms with E-state index in [4.69, 9.17) is 5.73 Å². The largest absolute Gasteiger partial charge is 0.480 e. The minimum absolute atomic E-state index is 0.280. The fourth-order valence-corrected chi connectivity index (χ4v) is 2.82. The third-order valence-corrected chi connectivity index (χ3v) is 4.84. The van der Waals surface area contributed by atoms with Crippen LogP contribution in [-0.4, -0.2) is 65.0 Å². The third kappa shape index (κ3) is 8.92. The van der Waals surface area contributed by atoms with Crippen LogP contribution in [0.15, 0.2) is 0 Å². The maximum absolute atomic E-state index is 12.5. The Hall–Kier alpha value is -1.81. The number of thioether (sulfide) groups is 1. The average molecular weight is 419 g/mol. The van der Waals surface area contributed by atoms with Crippen LogP contribution >= 0.6 is 11.8 Å². The van der Waals surface area contributed by atoms with Crippen LogP contribution in [0, 0.1) is 11.8 Å². The molecule has 0 bridgehead atoms. The van der Waals surface area contributed by atoms with Gasteiger partial charge in [0.25, 0.3) is 0 Å². The second kappa shape index (κ2) is 12.6. The summed E-state index contributed by atoms with van der Waals surface area (Å²) in [6.07, 6.45) is 2.40. The van der Waals surface area contributed by atoms with Crippen LogP contribution in [0.5, 0.6) is 0 Å². The van der Waals surface area contributed by atoms with Gasteiger partial charge in [0.2, 0.25) is 17.7 Å². The van der Waals surface area contributed by atoms with Gasteiger partial charge < -0.3 is 26.8 Å². The molecule has 0 aliphatic heterocycles. The van der Waals surface area contributed by atoms with Crippen molar-refractivity contribution in [3.8, 4) is 0 Å². The number of carboxylic acids is 1. The van der Waals surface area contributed by atoms with Crippen molar-refractivity contribution in [3.05, 3.63) is 0 Å². The molecular formula is C18H34N4O5S. The number of amides is 3. The van der Waals surface area contributed by atoms with Gasteiger partial charge in [-0.25, -0.2) is 4.79 Å². The van der Waals surface area contributed by atoms with Gasteiger partial charge >= 0.3 is 5.97 Å². The Labute approximate surface area is 170 Å². The highest BCUT2D eigenvalue weighted by molar-refractivity contribution is 7.98. The van der Waals surface area contributed by atoms with Crippen LogP contribution in [0.3, 0.4) is 0 Å². The van der Waals surface area contributed by atoms with E-state index in [0.717, 1.165) is 5.75 Å². The van der Waals surface area contributed by atoms with Crippen molar-refractivity contribution in [2.75, 3.05) is 12.0 Å². The fraction of sp³-hybridized carbons (Fsp3) is 0.778. The number of nitrogens with two attached hydrogens (primary N) is 1.